The summed E-state index contributed by atoms with van der Waals surface area (Å²) >= 11 is 1.59. The molecule has 2 aromatic carbocycles. The van der Waals surface area contributed by atoms with Gasteiger partial charge in [0.25, 0.3) is 5.69 Å². The highest BCUT2D eigenvalue weighted by molar-refractivity contribution is 7.16. The van der Waals surface area contributed by atoms with E-state index in [4.69, 9.17) is 0 Å². The Hall–Kier alpha value is -2.47. The van der Waals surface area contributed by atoms with Gasteiger partial charge in [0.1, 0.15) is 0 Å². The fourth-order valence-electron chi connectivity index (χ4n) is 2.22. The molecule has 0 aliphatic rings. The van der Waals surface area contributed by atoms with Crippen molar-refractivity contribution in [1.29, 1.82) is 0 Å². The van der Waals surface area contributed by atoms with Crippen LogP contribution in [0.5, 0.6) is 0 Å². The number of thiazole rings is 1. The predicted octanol–water partition coefficient (Wildman–Crippen LogP) is 4.13. The summed E-state index contributed by atoms with van der Waals surface area (Å²) in [6.45, 7) is 2.33. The molecule has 0 amide bonds. The first kappa shape index (κ1) is 13.5. The molecule has 106 valence electrons. The van der Waals surface area contributed by atoms with Crippen molar-refractivity contribution in [2.75, 3.05) is 5.32 Å². The predicted molar refractivity (Wildman–Crippen MR) is 84.8 cm³/mol. The van der Waals surface area contributed by atoms with Gasteiger partial charge in [0.15, 0.2) is 0 Å². The molecule has 0 unspecified atom stereocenters. The lowest BCUT2D eigenvalue weighted by Crippen LogP contribution is -2.03. The van der Waals surface area contributed by atoms with E-state index in [9.17, 15) is 10.1 Å². The molecule has 0 atom stereocenters. The normalized spacial score (nSPS) is 10.7. The maximum atomic E-state index is 10.9. The van der Waals surface area contributed by atoms with Crippen LogP contribution in [0.2, 0.25) is 0 Å². The molecule has 3 rings (SSSR count). The zero-order valence-corrected chi connectivity index (χ0v) is 12.2. The Kier molecular flexibility index (Phi) is 3.53. The van der Waals surface area contributed by atoms with Crippen molar-refractivity contribution >= 4 is 32.9 Å². The van der Waals surface area contributed by atoms with Crippen LogP contribution in [-0.4, -0.2) is 9.91 Å². The molecular weight excluding hydrogens is 286 g/mol. The van der Waals surface area contributed by atoms with Crippen LogP contribution in [0.15, 0.2) is 41.9 Å². The summed E-state index contributed by atoms with van der Waals surface area (Å²) in [7, 11) is 0. The first-order chi connectivity index (χ1) is 10.1. The van der Waals surface area contributed by atoms with E-state index in [0.29, 0.717) is 12.1 Å². The number of nitro groups is 1. The number of fused-ring (bicyclic) bond motifs is 1. The van der Waals surface area contributed by atoms with Gasteiger partial charge in [-0.3, -0.25) is 10.1 Å². The van der Waals surface area contributed by atoms with E-state index in [1.54, 1.807) is 24.3 Å². The van der Waals surface area contributed by atoms with Crippen LogP contribution in [-0.2, 0) is 6.54 Å². The lowest BCUT2D eigenvalue weighted by atomic mass is 10.1. The number of rotatable bonds is 4. The number of aromatic nitrogens is 1. The third-order valence-electron chi connectivity index (χ3n) is 3.43. The molecule has 0 radical (unpaired) electrons. The number of hydrogen-bond acceptors (Lipinski definition) is 5. The zero-order valence-electron chi connectivity index (χ0n) is 11.4. The van der Waals surface area contributed by atoms with Crippen LogP contribution in [0.4, 0.5) is 11.4 Å². The summed E-state index contributed by atoms with van der Waals surface area (Å²) < 4.78 is 1.12. The fourth-order valence-corrected chi connectivity index (χ4v) is 2.94. The number of nitrogens with zero attached hydrogens (tertiary/aromatic N) is 2. The lowest BCUT2D eigenvalue weighted by Gasteiger charge is -2.09. The maximum Gasteiger partial charge on any atom is 0.272 e. The molecule has 5 nitrogen and oxygen atoms in total. The minimum absolute atomic E-state index is 0.159. The molecule has 0 saturated heterocycles. The summed E-state index contributed by atoms with van der Waals surface area (Å²) in [6, 6.07) is 11.1. The van der Waals surface area contributed by atoms with Crippen molar-refractivity contribution in [3.8, 4) is 0 Å². The summed E-state index contributed by atoms with van der Waals surface area (Å²) in [5.74, 6) is 0. The highest BCUT2D eigenvalue weighted by Crippen LogP contribution is 2.24. The third kappa shape index (κ3) is 2.71. The minimum atomic E-state index is -0.345. The van der Waals surface area contributed by atoms with Crippen LogP contribution in [0.25, 0.3) is 10.2 Å². The Morgan fingerprint density at radius 1 is 1.33 bits per heavy atom. The van der Waals surface area contributed by atoms with E-state index in [-0.39, 0.29) is 10.6 Å². The average Bonchev–Trinajstić information content (AvgIpc) is 2.93. The van der Waals surface area contributed by atoms with E-state index in [0.717, 1.165) is 21.5 Å². The Morgan fingerprint density at radius 3 is 3.00 bits per heavy atom. The van der Waals surface area contributed by atoms with E-state index in [1.807, 2.05) is 29.8 Å². The number of benzene rings is 2. The quantitative estimate of drug-likeness (QED) is 0.581. The Morgan fingerprint density at radius 2 is 2.19 bits per heavy atom. The van der Waals surface area contributed by atoms with Gasteiger partial charge in [-0.2, -0.15) is 0 Å². The molecule has 21 heavy (non-hydrogen) atoms. The van der Waals surface area contributed by atoms with Gasteiger partial charge in [-0.05, 0) is 30.7 Å². The van der Waals surface area contributed by atoms with Crippen molar-refractivity contribution in [3.63, 3.8) is 0 Å². The second-order valence-corrected chi connectivity index (χ2v) is 5.59. The van der Waals surface area contributed by atoms with Crippen molar-refractivity contribution in [2.24, 2.45) is 0 Å². The number of anilines is 1. The summed E-state index contributed by atoms with van der Waals surface area (Å²) in [5.41, 5.74) is 5.57. The maximum absolute atomic E-state index is 10.9. The van der Waals surface area contributed by atoms with E-state index in [2.05, 4.69) is 10.3 Å². The molecular formula is C15H13N3O2S. The zero-order chi connectivity index (χ0) is 14.8. The number of nitro benzene ring substituents is 1. The van der Waals surface area contributed by atoms with Crippen LogP contribution in [0, 0.1) is 17.0 Å². The molecule has 6 heteroatoms. The van der Waals surface area contributed by atoms with Gasteiger partial charge < -0.3 is 5.32 Å². The summed E-state index contributed by atoms with van der Waals surface area (Å²) in [5, 5.41) is 14.3. The minimum Gasteiger partial charge on any atom is -0.381 e. The highest BCUT2D eigenvalue weighted by atomic mass is 32.1. The SMILES string of the molecule is Cc1c(CNc2ccc3ncsc3c2)cccc1[N+](=O)[O-]. The van der Waals surface area contributed by atoms with Crippen LogP contribution in [0.1, 0.15) is 11.1 Å². The van der Waals surface area contributed by atoms with Gasteiger partial charge in [-0.15, -0.1) is 11.3 Å². The van der Waals surface area contributed by atoms with Gasteiger partial charge >= 0.3 is 0 Å². The Balaban J connectivity index is 1.81. The molecule has 0 bridgehead atoms. The van der Waals surface area contributed by atoms with E-state index < -0.39 is 0 Å². The van der Waals surface area contributed by atoms with E-state index in [1.165, 1.54) is 6.07 Å². The van der Waals surface area contributed by atoms with Crippen LogP contribution in [0.3, 0.4) is 0 Å². The summed E-state index contributed by atoms with van der Waals surface area (Å²) in [6.07, 6.45) is 0. The molecule has 0 spiro atoms. The van der Waals surface area contributed by atoms with Gasteiger partial charge in [0.05, 0.1) is 20.7 Å². The van der Waals surface area contributed by atoms with Gasteiger partial charge in [0.2, 0.25) is 0 Å². The van der Waals surface area contributed by atoms with Crippen molar-refractivity contribution in [3.05, 3.63) is 63.1 Å². The molecule has 0 saturated carbocycles. The first-order valence-corrected chi connectivity index (χ1v) is 7.33. The van der Waals surface area contributed by atoms with Crippen molar-refractivity contribution < 1.29 is 4.92 Å². The third-order valence-corrected chi connectivity index (χ3v) is 4.22. The van der Waals surface area contributed by atoms with Gasteiger partial charge in [-0.1, -0.05) is 12.1 Å². The molecule has 1 aromatic heterocycles. The molecule has 0 aliphatic carbocycles. The number of hydrogen-bond donors (Lipinski definition) is 1. The fraction of sp³-hybridized carbons (Fsp3) is 0.133. The van der Waals surface area contributed by atoms with E-state index >= 15 is 0 Å². The number of nitrogens with one attached hydrogen (secondary N) is 1. The average molecular weight is 299 g/mol. The van der Waals surface area contributed by atoms with Crippen LogP contribution < -0.4 is 5.32 Å². The standard InChI is InChI=1S/C15H13N3O2S/c1-10-11(3-2-4-14(10)18(19)20)8-16-12-5-6-13-15(7-12)21-9-17-13/h2-7,9,16H,8H2,1H3. The molecule has 1 N–H and O–H groups in total. The molecule has 1 heterocycles. The largest absolute Gasteiger partial charge is 0.381 e. The summed E-state index contributed by atoms with van der Waals surface area (Å²) in [4.78, 5) is 14.8. The monoisotopic (exact) mass is 299 g/mol. The molecule has 3 aromatic rings. The first-order valence-electron chi connectivity index (χ1n) is 6.45. The second kappa shape index (κ2) is 5.49. The molecule has 0 aliphatic heterocycles. The van der Waals surface area contributed by atoms with Crippen molar-refractivity contribution in [1.82, 2.24) is 4.98 Å². The lowest BCUT2D eigenvalue weighted by molar-refractivity contribution is -0.385. The Labute approximate surface area is 125 Å². The second-order valence-electron chi connectivity index (χ2n) is 4.71. The van der Waals surface area contributed by atoms with Gasteiger partial charge in [0, 0.05) is 23.9 Å². The smallest absolute Gasteiger partial charge is 0.272 e. The Bertz CT molecular complexity index is 814. The van der Waals surface area contributed by atoms with Crippen molar-refractivity contribution in [2.45, 2.75) is 13.5 Å². The topological polar surface area (TPSA) is 68.1 Å². The highest BCUT2D eigenvalue weighted by Gasteiger charge is 2.12. The van der Waals surface area contributed by atoms with Crippen LogP contribution >= 0.6 is 11.3 Å². The van der Waals surface area contributed by atoms with Gasteiger partial charge in [-0.25, -0.2) is 4.98 Å². The molecule has 0 fully saturated rings.